The normalized spacial score (nSPS) is 12.5. The molecule has 0 aromatic heterocycles. The first-order chi connectivity index (χ1) is 16.4. The maximum absolute atomic E-state index is 13.0. The van der Waals surface area contributed by atoms with Gasteiger partial charge in [-0.05, 0) is 79.7 Å². The van der Waals surface area contributed by atoms with Crippen LogP contribution in [0.2, 0.25) is 0 Å². The summed E-state index contributed by atoms with van der Waals surface area (Å²) in [5.74, 6) is -0.585. The predicted octanol–water partition coefficient (Wildman–Crippen LogP) is 3.43. The second-order valence-corrected chi connectivity index (χ2v) is 11.1. The molecule has 0 saturated heterocycles. The average Bonchev–Trinajstić information content (AvgIpc) is 2.80. The van der Waals surface area contributed by atoms with E-state index in [-0.39, 0.29) is 22.0 Å². The molecule has 0 aliphatic heterocycles. The SMILES string of the molecule is COc1ccc(N(C(C)C(=O)Nc2ccc(S(=O)(=O)Nc3ccc(F)cc3)cc2)S(C)(=O)=O)cc1. The van der Waals surface area contributed by atoms with E-state index in [1.807, 2.05) is 0 Å². The van der Waals surface area contributed by atoms with Gasteiger partial charge in [-0.2, -0.15) is 0 Å². The molecule has 0 bridgehead atoms. The Morgan fingerprint density at radius 3 is 1.94 bits per heavy atom. The molecule has 3 aromatic rings. The number of sulfonamides is 2. The van der Waals surface area contributed by atoms with Crippen LogP contribution in [0.5, 0.6) is 5.75 Å². The summed E-state index contributed by atoms with van der Waals surface area (Å²) in [4.78, 5) is 12.8. The molecule has 0 saturated carbocycles. The topological polar surface area (TPSA) is 122 Å². The van der Waals surface area contributed by atoms with Crippen molar-refractivity contribution in [2.24, 2.45) is 0 Å². The van der Waals surface area contributed by atoms with Gasteiger partial charge in [-0.25, -0.2) is 21.2 Å². The molecule has 2 N–H and O–H groups in total. The van der Waals surface area contributed by atoms with Crippen LogP contribution < -0.4 is 19.1 Å². The van der Waals surface area contributed by atoms with Crippen LogP contribution in [0.3, 0.4) is 0 Å². The van der Waals surface area contributed by atoms with Crippen LogP contribution in [0.4, 0.5) is 21.5 Å². The highest BCUT2D eigenvalue weighted by atomic mass is 32.2. The Bertz CT molecular complexity index is 1390. The number of methoxy groups -OCH3 is 1. The first-order valence-electron chi connectivity index (χ1n) is 10.2. The third kappa shape index (κ3) is 6.49. The Morgan fingerprint density at radius 2 is 1.43 bits per heavy atom. The summed E-state index contributed by atoms with van der Waals surface area (Å²) in [5, 5.41) is 2.59. The lowest BCUT2D eigenvalue weighted by Gasteiger charge is -2.28. The minimum absolute atomic E-state index is 0.0798. The monoisotopic (exact) mass is 521 g/mol. The summed E-state index contributed by atoms with van der Waals surface area (Å²) in [6.07, 6.45) is 0.995. The van der Waals surface area contributed by atoms with E-state index in [1.165, 1.54) is 62.6 Å². The summed E-state index contributed by atoms with van der Waals surface area (Å²) in [6, 6.07) is 15.3. The van der Waals surface area contributed by atoms with E-state index in [9.17, 15) is 26.0 Å². The van der Waals surface area contributed by atoms with Gasteiger partial charge < -0.3 is 10.1 Å². The zero-order valence-corrected chi connectivity index (χ0v) is 20.7. The fourth-order valence-corrected chi connectivity index (χ4v) is 5.47. The summed E-state index contributed by atoms with van der Waals surface area (Å²) in [6.45, 7) is 1.44. The Balaban J connectivity index is 1.75. The molecule has 0 radical (unpaired) electrons. The van der Waals surface area contributed by atoms with Crippen LogP contribution in [0.15, 0.2) is 77.7 Å². The number of halogens is 1. The van der Waals surface area contributed by atoms with Crippen molar-refractivity contribution in [3.8, 4) is 5.75 Å². The highest BCUT2D eigenvalue weighted by Crippen LogP contribution is 2.25. The van der Waals surface area contributed by atoms with E-state index in [4.69, 9.17) is 4.74 Å². The summed E-state index contributed by atoms with van der Waals surface area (Å²) < 4.78 is 71.4. The second kappa shape index (κ2) is 10.3. The van der Waals surface area contributed by atoms with Gasteiger partial charge in [0.1, 0.15) is 17.6 Å². The lowest BCUT2D eigenvalue weighted by atomic mass is 10.2. The molecule has 3 aromatic carbocycles. The molecule has 186 valence electrons. The van der Waals surface area contributed by atoms with Crippen LogP contribution in [-0.2, 0) is 24.8 Å². The predicted molar refractivity (Wildman–Crippen MR) is 132 cm³/mol. The number of nitrogens with zero attached hydrogens (tertiary/aromatic N) is 1. The molecule has 1 amide bonds. The minimum Gasteiger partial charge on any atom is -0.497 e. The number of anilines is 3. The highest BCUT2D eigenvalue weighted by molar-refractivity contribution is 7.92. The van der Waals surface area contributed by atoms with Crippen LogP contribution in [-0.4, -0.2) is 42.2 Å². The van der Waals surface area contributed by atoms with Crippen LogP contribution in [0, 0.1) is 5.82 Å². The van der Waals surface area contributed by atoms with Gasteiger partial charge in [0.15, 0.2) is 0 Å². The maximum Gasteiger partial charge on any atom is 0.261 e. The molecule has 0 spiro atoms. The molecular formula is C23H24FN3O6S2. The molecule has 0 aliphatic rings. The van der Waals surface area contributed by atoms with Gasteiger partial charge >= 0.3 is 0 Å². The van der Waals surface area contributed by atoms with Crippen molar-refractivity contribution >= 4 is 43.0 Å². The number of ether oxygens (including phenoxy) is 1. The van der Waals surface area contributed by atoms with Crippen molar-refractivity contribution in [3.63, 3.8) is 0 Å². The molecule has 0 fully saturated rings. The molecule has 1 unspecified atom stereocenters. The van der Waals surface area contributed by atoms with Crippen LogP contribution in [0.1, 0.15) is 6.92 Å². The van der Waals surface area contributed by atoms with Crippen LogP contribution in [0.25, 0.3) is 0 Å². The molecule has 12 heteroatoms. The fourth-order valence-electron chi connectivity index (χ4n) is 3.23. The zero-order valence-electron chi connectivity index (χ0n) is 19.1. The van der Waals surface area contributed by atoms with Gasteiger partial charge in [-0.1, -0.05) is 0 Å². The van der Waals surface area contributed by atoms with Gasteiger partial charge in [-0.3, -0.25) is 13.8 Å². The van der Waals surface area contributed by atoms with Crippen molar-refractivity contribution in [2.75, 3.05) is 27.7 Å². The van der Waals surface area contributed by atoms with E-state index in [2.05, 4.69) is 10.0 Å². The molecule has 0 heterocycles. The second-order valence-electron chi connectivity index (χ2n) is 7.56. The van der Waals surface area contributed by atoms with Gasteiger partial charge in [0, 0.05) is 11.4 Å². The number of carbonyl (C=O) groups excluding carboxylic acids is 1. The number of rotatable bonds is 9. The number of amides is 1. The third-order valence-electron chi connectivity index (χ3n) is 4.94. The Morgan fingerprint density at radius 1 is 0.886 bits per heavy atom. The first-order valence-corrected chi connectivity index (χ1v) is 13.6. The van der Waals surface area contributed by atoms with E-state index < -0.39 is 37.8 Å². The number of hydrogen-bond acceptors (Lipinski definition) is 6. The number of hydrogen-bond donors (Lipinski definition) is 2. The zero-order chi connectivity index (χ0) is 25.8. The molecule has 9 nitrogen and oxygen atoms in total. The third-order valence-corrected chi connectivity index (χ3v) is 7.58. The summed E-state index contributed by atoms with van der Waals surface area (Å²) in [7, 11) is -6.28. The molecule has 1 atom stereocenters. The number of benzene rings is 3. The Kier molecular flexibility index (Phi) is 7.66. The quantitative estimate of drug-likeness (QED) is 0.445. The average molecular weight is 522 g/mol. The van der Waals surface area contributed by atoms with Gasteiger partial charge in [0.2, 0.25) is 15.9 Å². The van der Waals surface area contributed by atoms with Crippen molar-refractivity contribution in [1.82, 2.24) is 0 Å². The maximum atomic E-state index is 13.0. The lowest BCUT2D eigenvalue weighted by Crippen LogP contribution is -2.45. The standard InChI is InChI=1S/C23H24FN3O6S2/c1-16(27(34(3,29)30)20-10-12-21(33-2)13-11-20)23(28)25-18-8-14-22(15-9-18)35(31,32)26-19-6-4-17(24)5-7-19/h4-16,26H,1-3H3,(H,25,28). The molecule has 3 rings (SSSR count). The van der Waals surface area contributed by atoms with Crippen molar-refractivity contribution in [1.29, 1.82) is 0 Å². The molecule has 35 heavy (non-hydrogen) atoms. The van der Waals surface area contributed by atoms with Gasteiger partial charge in [-0.15, -0.1) is 0 Å². The first kappa shape index (κ1) is 26.0. The molecule has 0 aliphatic carbocycles. The number of nitrogens with one attached hydrogen (secondary N) is 2. The van der Waals surface area contributed by atoms with Crippen LogP contribution >= 0.6 is 0 Å². The van der Waals surface area contributed by atoms with E-state index in [1.54, 1.807) is 12.1 Å². The summed E-state index contributed by atoms with van der Waals surface area (Å²) >= 11 is 0. The van der Waals surface area contributed by atoms with Crippen molar-refractivity contribution < 1.29 is 30.8 Å². The fraction of sp³-hybridized carbons (Fsp3) is 0.174. The highest BCUT2D eigenvalue weighted by Gasteiger charge is 2.29. The van der Waals surface area contributed by atoms with Crippen molar-refractivity contribution in [2.45, 2.75) is 17.9 Å². The lowest BCUT2D eigenvalue weighted by molar-refractivity contribution is -0.116. The Labute approximate surface area is 203 Å². The van der Waals surface area contributed by atoms with E-state index in [0.29, 0.717) is 5.75 Å². The molecular weight excluding hydrogens is 497 g/mol. The largest absolute Gasteiger partial charge is 0.497 e. The smallest absolute Gasteiger partial charge is 0.261 e. The minimum atomic E-state index is -3.95. The van der Waals surface area contributed by atoms with E-state index in [0.717, 1.165) is 22.7 Å². The van der Waals surface area contributed by atoms with Gasteiger partial charge in [0.05, 0.1) is 23.9 Å². The summed E-state index contributed by atoms with van der Waals surface area (Å²) in [5.41, 5.74) is 0.743. The number of carbonyl (C=O) groups is 1. The Hall–Kier alpha value is -3.64. The van der Waals surface area contributed by atoms with Crippen molar-refractivity contribution in [3.05, 3.63) is 78.6 Å². The van der Waals surface area contributed by atoms with Gasteiger partial charge in [0.25, 0.3) is 10.0 Å². The van der Waals surface area contributed by atoms with E-state index >= 15 is 0 Å².